The number of rotatable bonds is 3. The number of ether oxygens (including phenoxy) is 2. The van der Waals surface area contributed by atoms with Crippen LogP contribution in [-0.4, -0.2) is 40.1 Å². The van der Waals surface area contributed by atoms with Crippen molar-refractivity contribution in [1.82, 2.24) is 19.9 Å². The van der Waals surface area contributed by atoms with Gasteiger partial charge in [0.1, 0.15) is 11.9 Å². The summed E-state index contributed by atoms with van der Waals surface area (Å²) >= 11 is 0. The number of fused-ring (bicyclic) bond motifs is 1. The number of hydrogen-bond acceptors (Lipinski definition) is 7. The minimum atomic E-state index is -0.240. The van der Waals surface area contributed by atoms with Gasteiger partial charge < -0.3 is 9.47 Å². The fourth-order valence-corrected chi connectivity index (χ4v) is 1.95. The third-order valence-electron chi connectivity index (χ3n) is 2.91. The molecular weight excluding hydrogens is 274 g/mol. The Balaban J connectivity index is 2.26. The van der Waals surface area contributed by atoms with Gasteiger partial charge in [-0.25, -0.2) is 19.9 Å². The zero-order valence-corrected chi connectivity index (χ0v) is 11.4. The van der Waals surface area contributed by atoms with E-state index in [1.807, 2.05) is 0 Å². The average Bonchev–Trinajstić information content (AvgIpc) is 2.53. The van der Waals surface area contributed by atoms with E-state index in [4.69, 9.17) is 9.47 Å². The average molecular weight is 285 g/mol. The standard InChI is InChI=1S/C13H11N5O3/c1-20-12-9(13(21-2)16-6-15-12)11-14-5-7-3-4-8(19)17-10(7)18-11/h3,5-6H,4H2,1-2H3. The second kappa shape index (κ2) is 5.23. The maximum atomic E-state index is 11.4. The molecule has 0 saturated carbocycles. The number of hydrogen-bond donors (Lipinski definition) is 0. The fraction of sp³-hybridized carbons (Fsp3) is 0.231. The SMILES string of the molecule is COc1ncnc(OC)c1-c1ncc2c(n1)=NC(=O)CC=2. The summed E-state index contributed by atoms with van der Waals surface area (Å²) in [5, 5.41) is 0.716. The first-order valence-corrected chi connectivity index (χ1v) is 6.11. The predicted molar refractivity (Wildman–Crippen MR) is 71.0 cm³/mol. The lowest BCUT2D eigenvalue weighted by Crippen LogP contribution is -2.33. The van der Waals surface area contributed by atoms with Crippen molar-refractivity contribution < 1.29 is 14.3 Å². The molecular formula is C13H11N5O3. The van der Waals surface area contributed by atoms with Crippen LogP contribution in [0.1, 0.15) is 6.42 Å². The van der Waals surface area contributed by atoms with E-state index < -0.39 is 0 Å². The fourth-order valence-electron chi connectivity index (χ4n) is 1.95. The Labute approximate surface area is 119 Å². The van der Waals surface area contributed by atoms with Gasteiger partial charge in [0, 0.05) is 17.8 Å². The molecule has 0 saturated heterocycles. The van der Waals surface area contributed by atoms with E-state index in [0.29, 0.717) is 16.3 Å². The maximum Gasteiger partial charge on any atom is 0.251 e. The predicted octanol–water partition coefficient (Wildman–Crippen LogP) is -0.719. The van der Waals surface area contributed by atoms with Crippen LogP contribution in [0.5, 0.6) is 11.8 Å². The number of nitrogens with zero attached hydrogens (tertiary/aromatic N) is 5. The van der Waals surface area contributed by atoms with Gasteiger partial charge in [0.2, 0.25) is 11.8 Å². The highest BCUT2D eigenvalue weighted by Gasteiger charge is 2.18. The first kappa shape index (κ1) is 13.1. The van der Waals surface area contributed by atoms with Gasteiger partial charge in [0.25, 0.3) is 5.91 Å². The Hall–Kier alpha value is -2.90. The zero-order valence-electron chi connectivity index (χ0n) is 11.4. The number of carbonyl (C=O) groups is 1. The lowest BCUT2D eigenvalue weighted by Gasteiger charge is -2.09. The number of amides is 1. The molecule has 8 nitrogen and oxygen atoms in total. The van der Waals surface area contributed by atoms with Crippen LogP contribution in [0.15, 0.2) is 17.5 Å². The molecule has 0 bridgehead atoms. The van der Waals surface area contributed by atoms with Crippen LogP contribution in [0.3, 0.4) is 0 Å². The van der Waals surface area contributed by atoms with Crippen molar-refractivity contribution in [2.75, 3.05) is 14.2 Å². The van der Waals surface area contributed by atoms with Crippen molar-refractivity contribution in [1.29, 1.82) is 0 Å². The lowest BCUT2D eigenvalue weighted by atomic mass is 10.2. The van der Waals surface area contributed by atoms with Crippen LogP contribution in [0.2, 0.25) is 0 Å². The molecule has 3 rings (SSSR count). The van der Waals surface area contributed by atoms with Gasteiger partial charge in [-0.2, -0.15) is 4.99 Å². The van der Waals surface area contributed by atoms with Crippen LogP contribution < -0.4 is 20.2 Å². The van der Waals surface area contributed by atoms with Gasteiger partial charge >= 0.3 is 0 Å². The summed E-state index contributed by atoms with van der Waals surface area (Å²) in [5.41, 5.74) is 0.739. The normalized spacial score (nSPS) is 13.0. The molecule has 2 aromatic rings. The van der Waals surface area contributed by atoms with Crippen LogP contribution in [-0.2, 0) is 4.79 Å². The highest BCUT2D eigenvalue weighted by Crippen LogP contribution is 2.31. The van der Waals surface area contributed by atoms with Gasteiger partial charge in [-0.05, 0) is 0 Å². The number of methoxy groups -OCH3 is 2. The van der Waals surface area contributed by atoms with Crippen LogP contribution >= 0.6 is 0 Å². The Morgan fingerprint density at radius 2 is 1.81 bits per heavy atom. The van der Waals surface area contributed by atoms with E-state index in [0.717, 1.165) is 0 Å². The smallest absolute Gasteiger partial charge is 0.251 e. The molecule has 0 aromatic carbocycles. The van der Waals surface area contributed by atoms with E-state index in [1.165, 1.54) is 20.5 Å². The van der Waals surface area contributed by atoms with E-state index >= 15 is 0 Å². The molecule has 0 spiro atoms. The summed E-state index contributed by atoms with van der Waals surface area (Å²) in [7, 11) is 2.96. The first-order valence-electron chi connectivity index (χ1n) is 6.11. The largest absolute Gasteiger partial charge is 0.480 e. The molecule has 0 unspecified atom stereocenters. The van der Waals surface area contributed by atoms with Gasteiger partial charge in [0.05, 0.1) is 14.2 Å². The summed E-state index contributed by atoms with van der Waals surface area (Å²) in [5.74, 6) is 0.617. The molecule has 0 fully saturated rings. The molecule has 21 heavy (non-hydrogen) atoms. The van der Waals surface area contributed by atoms with Gasteiger partial charge in [-0.3, -0.25) is 4.79 Å². The Bertz CT molecular complexity index is 812. The van der Waals surface area contributed by atoms with Crippen LogP contribution in [0, 0.1) is 0 Å². The molecule has 0 radical (unpaired) electrons. The van der Waals surface area contributed by atoms with Crippen molar-refractivity contribution >= 4 is 12.0 Å². The molecule has 106 valence electrons. The molecule has 1 amide bonds. The third kappa shape index (κ3) is 2.31. The van der Waals surface area contributed by atoms with Crippen molar-refractivity contribution in [2.45, 2.75) is 6.42 Å². The van der Waals surface area contributed by atoms with Crippen molar-refractivity contribution in [3.63, 3.8) is 0 Å². The van der Waals surface area contributed by atoms with Crippen LogP contribution in [0.4, 0.5) is 0 Å². The Kier molecular flexibility index (Phi) is 3.27. The maximum absolute atomic E-state index is 11.4. The number of aromatic nitrogens is 4. The van der Waals surface area contributed by atoms with Crippen molar-refractivity contribution in [3.8, 4) is 23.1 Å². The van der Waals surface area contributed by atoms with E-state index in [2.05, 4.69) is 24.9 Å². The van der Waals surface area contributed by atoms with Crippen molar-refractivity contribution in [3.05, 3.63) is 23.2 Å². The second-order valence-corrected chi connectivity index (χ2v) is 4.15. The Morgan fingerprint density at radius 3 is 2.48 bits per heavy atom. The third-order valence-corrected chi connectivity index (χ3v) is 2.91. The van der Waals surface area contributed by atoms with E-state index in [-0.39, 0.29) is 29.9 Å². The Morgan fingerprint density at radius 1 is 1.10 bits per heavy atom. The first-order chi connectivity index (χ1) is 10.2. The summed E-state index contributed by atoms with van der Waals surface area (Å²) in [4.78, 5) is 31.8. The molecule has 8 heteroatoms. The van der Waals surface area contributed by atoms with E-state index in [1.54, 1.807) is 12.3 Å². The van der Waals surface area contributed by atoms with Crippen LogP contribution in [0.25, 0.3) is 17.5 Å². The summed E-state index contributed by atoms with van der Waals surface area (Å²) in [6.45, 7) is 0. The van der Waals surface area contributed by atoms with Crippen molar-refractivity contribution in [2.24, 2.45) is 4.99 Å². The molecule has 0 atom stereocenters. The van der Waals surface area contributed by atoms with E-state index in [9.17, 15) is 4.79 Å². The lowest BCUT2D eigenvalue weighted by molar-refractivity contribution is -0.117. The monoisotopic (exact) mass is 285 g/mol. The topological polar surface area (TPSA) is 99.5 Å². The van der Waals surface area contributed by atoms with Gasteiger partial charge in [0.15, 0.2) is 11.3 Å². The summed E-state index contributed by atoms with van der Waals surface area (Å²) < 4.78 is 10.4. The molecule has 3 heterocycles. The summed E-state index contributed by atoms with van der Waals surface area (Å²) in [6.07, 6.45) is 4.92. The molecule has 2 aromatic heterocycles. The van der Waals surface area contributed by atoms with Gasteiger partial charge in [-0.1, -0.05) is 6.08 Å². The summed E-state index contributed by atoms with van der Waals surface area (Å²) in [6, 6.07) is 0. The second-order valence-electron chi connectivity index (χ2n) is 4.15. The molecule has 1 aliphatic rings. The van der Waals surface area contributed by atoms with Gasteiger partial charge in [-0.15, -0.1) is 0 Å². The quantitative estimate of drug-likeness (QED) is 0.733. The molecule has 0 aliphatic carbocycles. The minimum absolute atomic E-state index is 0.240. The highest BCUT2D eigenvalue weighted by molar-refractivity contribution is 5.82. The number of carbonyl (C=O) groups excluding carboxylic acids is 1. The molecule has 0 N–H and O–H groups in total. The molecule has 1 aliphatic heterocycles. The zero-order chi connectivity index (χ0) is 14.8. The minimum Gasteiger partial charge on any atom is -0.480 e. The highest BCUT2D eigenvalue weighted by atomic mass is 16.5.